The molecule has 166 valence electrons. The van der Waals surface area contributed by atoms with Crippen molar-refractivity contribution in [2.75, 3.05) is 13.2 Å². The summed E-state index contributed by atoms with van der Waals surface area (Å²) in [5, 5.41) is 78.0. The van der Waals surface area contributed by atoms with Gasteiger partial charge in [0.25, 0.3) is 0 Å². The molecule has 2 saturated heterocycles. The predicted octanol–water partition coefficient (Wildman–Crippen LogP) is -3.90. The topological polar surface area (TPSA) is 202 Å². The molecule has 12 nitrogen and oxygen atoms in total. The van der Waals surface area contributed by atoms with Crippen LogP contribution in [0.15, 0.2) is 12.2 Å². The van der Waals surface area contributed by atoms with Gasteiger partial charge in [0, 0.05) is 0 Å². The maximum atomic E-state index is 10.1. The highest BCUT2D eigenvalue weighted by atomic mass is 16.7. The van der Waals surface area contributed by atoms with E-state index >= 15 is 0 Å². The lowest BCUT2D eigenvalue weighted by Gasteiger charge is -2.43. The third-order valence-electron chi connectivity index (χ3n) is 4.78. The Bertz CT molecular complexity index is 596. The zero-order valence-corrected chi connectivity index (χ0v) is 15.7. The third kappa shape index (κ3) is 5.29. The first kappa shape index (κ1) is 24.1. The van der Waals surface area contributed by atoms with Gasteiger partial charge in [0.05, 0.1) is 19.3 Å². The molecule has 0 spiro atoms. The van der Waals surface area contributed by atoms with Gasteiger partial charge in [0.1, 0.15) is 48.8 Å². The Hall–Kier alpha value is -1.21. The van der Waals surface area contributed by atoms with Gasteiger partial charge in [-0.15, -0.1) is 0 Å². The third-order valence-corrected chi connectivity index (χ3v) is 4.78. The van der Waals surface area contributed by atoms with Gasteiger partial charge in [-0.3, -0.25) is 0 Å². The molecule has 29 heavy (non-hydrogen) atoms. The molecule has 0 aromatic heterocycles. The SMILES string of the molecule is C=C(C)C(C#N)OC1OC(COC2OC(CO)C(O)C(O)C2O)C(O)C(O)C1O. The van der Waals surface area contributed by atoms with Crippen LogP contribution in [0.4, 0.5) is 0 Å². The first-order chi connectivity index (χ1) is 13.6. The second-order valence-corrected chi connectivity index (χ2v) is 7.04. The van der Waals surface area contributed by atoms with Crippen LogP contribution in [0, 0.1) is 11.3 Å². The van der Waals surface area contributed by atoms with E-state index in [1.54, 1.807) is 6.07 Å². The summed E-state index contributed by atoms with van der Waals surface area (Å²) in [6.45, 7) is 3.96. The molecule has 0 aromatic rings. The van der Waals surface area contributed by atoms with Gasteiger partial charge < -0.3 is 54.7 Å². The Morgan fingerprint density at radius 1 is 0.931 bits per heavy atom. The van der Waals surface area contributed by atoms with Crippen molar-refractivity contribution in [3.05, 3.63) is 12.2 Å². The highest BCUT2D eigenvalue weighted by Gasteiger charge is 2.47. The number of hydrogen-bond acceptors (Lipinski definition) is 12. The molecule has 0 aliphatic carbocycles. The van der Waals surface area contributed by atoms with Crippen LogP contribution in [0.5, 0.6) is 0 Å². The van der Waals surface area contributed by atoms with E-state index in [-0.39, 0.29) is 0 Å². The first-order valence-corrected chi connectivity index (χ1v) is 8.94. The van der Waals surface area contributed by atoms with E-state index in [1.165, 1.54) is 6.92 Å². The molecule has 2 aliphatic heterocycles. The quantitative estimate of drug-likeness (QED) is 0.197. The Morgan fingerprint density at radius 2 is 1.45 bits per heavy atom. The van der Waals surface area contributed by atoms with Gasteiger partial charge in [-0.2, -0.15) is 5.26 Å². The molecule has 0 radical (unpaired) electrons. The van der Waals surface area contributed by atoms with E-state index in [4.69, 9.17) is 24.2 Å². The number of rotatable bonds is 7. The number of aliphatic hydroxyl groups excluding tert-OH is 7. The molecule has 2 rings (SSSR count). The minimum atomic E-state index is -1.69. The standard InChI is InChI=1S/C17H27NO11/c1-6(2)7(3-18)27-17-15(25)13(23)11(21)9(29-17)5-26-16-14(24)12(22)10(20)8(4-19)28-16/h7-17,19-25H,1,4-5H2,2H3. The molecular formula is C17H27NO11. The lowest BCUT2D eigenvalue weighted by atomic mass is 9.98. The lowest BCUT2D eigenvalue weighted by molar-refractivity contribution is -0.332. The summed E-state index contributed by atoms with van der Waals surface area (Å²) in [7, 11) is 0. The largest absolute Gasteiger partial charge is 0.394 e. The van der Waals surface area contributed by atoms with Gasteiger partial charge in [-0.1, -0.05) is 6.58 Å². The maximum Gasteiger partial charge on any atom is 0.188 e. The molecule has 11 atom stereocenters. The first-order valence-electron chi connectivity index (χ1n) is 8.94. The minimum absolute atomic E-state index is 0.332. The summed E-state index contributed by atoms with van der Waals surface area (Å²) in [5.41, 5.74) is 0.332. The van der Waals surface area contributed by atoms with E-state index in [9.17, 15) is 35.7 Å². The van der Waals surface area contributed by atoms with E-state index in [0.717, 1.165) is 0 Å². The Balaban J connectivity index is 2.03. The van der Waals surface area contributed by atoms with Crippen LogP contribution in [-0.2, 0) is 18.9 Å². The molecule has 0 saturated carbocycles. The van der Waals surface area contributed by atoms with E-state index < -0.39 is 80.7 Å². The predicted molar refractivity (Wildman–Crippen MR) is 91.7 cm³/mol. The normalized spacial score (nSPS) is 44.1. The van der Waals surface area contributed by atoms with Gasteiger partial charge in [0.15, 0.2) is 18.7 Å². The summed E-state index contributed by atoms with van der Waals surface area (Å²) in [4.78, 5) is 0. The van der Waals surface area contributed by atoms with Crippen LogP contribution in [0.2, 0.25) is 0 Å². The van der Waals surface area contributed by atoms with E-state index in [1.807, 2.05) is 0 Å². The van der Waals surface area contributed by atoms with Crippen LogP contribution in [-0.4, -0.2) is 116 Å². The van der Waals surface area contributed by atoms with Crippen molar-refractivity contribution in [3.8, 4) is 6.07 Å². The molecule has 2 fully saturated rings. The summed E-state index contributed by atoms with van der Waals surface area (Å²) in [6.07, 6.45) is -16.4. The molecule has 11 unspecified atom stereocenters. The molecule has 0 amide bonds. The van der Waals surface area contributed by atoms with Crippen molar-refractivity contribution in [1.82, 2.24) is 0 Å². The van der Waals surface area contributed by atoms with Crippen molar-refractivity contribution in [1.29, 1.82) is 5.26 Å². The second-order valence-electron chi connectivity index (χ2n) is 7.04. The number of hydrogen-bond donors (Lipinski definition) is 7. The fourth-order valence-electron chi connectivity index (χ4n) is 2.95. The van der Waals surface area contributed by atoms with Crippen molar-refractivity contribution in [2.24, 2.45) is 0 Å². The zero-order valence-electron chi connectivity index (χ0n) is 15.7. The zero-order chi connectivity index (χ0) is 21.9. The van der Waals surface area contributed by atoms with E-state index in [0.29, 0.717) is 5.57 Å². The second kappa shape index (κ2) is 10.2. The Kier molecular flexibility index (Phi) is 8.47. The number of nitrogens with zero attached hydrogens (tertiary/aromatic N) is 1. The van der Waals surface area contributed by atoms with Gasteiger partial charge in [-0.05, 0) is 12.5 Å². The van der Waals surface area contributed by atoms with Crippen molar-refractivity contribution in [3.63, 3.8) is 0 Å². The molecule has 0 bridgehead atoms. The average molecular weight is 421 g/mol. The van der Waals surface area contributed by atoms with Gasteiger partial charge >= 0.3 is 0 Å². The maximum absolute atomic E-state index is 10.1. The Labute approximate surface area is 166 Å². The Morgan fingerprint density at radius 3 is 1.97 bits per heavy atom. The molecule has 7 N–H and O–H groups in total. The minimum Gasteiger partial charge on any atom is -0.394 e. The lowest BCUT2D eigenvalue weighted by Crippen LogP contribution is -2.62. The monoisotopic (exact) mass is 421 g/mol. The number of ether oxygens (including phenoxy) is 4. The highest BCUT2D eigenvalue weighted by Crippen LogP contribution is 2.26. The van der Waals surface area contributed by atoms with Crippen molar-refractivity contribution < 1.29 is 54.7 Å². The summed E-state index contributed by atoms with van der Waals surface area (Å²) in [6, 6.07) is 1.80. The molecule has 2 heterocycles. The highest BCUT2D eigenvalue weighted by molar-refractivity contribution is 5.10. The van der Waals surface area contributed by atoms with Crippen LogP contribution in [0.3, 0.4) is 0 Å². The van der Waals surface area contributed by atoms with Gasteiger partial charge in [0.2, 0.25) is 0 Å². The van der Waals surface area contributed by atoms with Crippen molar-refractivity contribution in [2.45, 2.75) is 74.4 Å². The fraction of sp³-hybridized carbons (Fsp3) is 0.824. The van der Waals surface area contributed by atoms with Crippen LogP contribution < -0.4 is 0 Å². The smallest absolute Gasteiger partial charge is 0.188 e. The molecule has 2 aliphatic rings. The summed E-state index contributed by atoms with van der Waals surface area (Å²) < 4.78 is 21.2. The average Bonchev–Trinajstić information content (AvgIpc) is 2.70. The summed E-state index contributed by atoms with van der Waals surface area (Å²) >= 11 is 0. The van der Waals surface area contributed by atoms with Gasteiger partial charge in [-0.25, -0.2) is 0 Å². The fourth-order valence-corrected chi connectivity index (χ4v) is 2.95. The van der Waals surface area contributed by atoms with E-state index in [2.05, 4.69) is 6.58 Å². The van der Waals surface area contributed by atoms with Crippen LogP contribution in [0.25, 0.3) is 0 Å². The number of nitriles is 1. The number of aliphatic hydroxyl groups is 7. The van der Waals surface area contributed by atoms with Crippen molar-refractivity contribution >= 4 is 0 Å². The molecule has 12 heteroatoms. The summed E-state index contributed by atoms with van der Waals surface area (Å²) in [5.74, 6) is 0. The van der Waals surface area contributed by atoms with Crippen LogP contribution >= 0.6 is 0 Å². The molecular weight excluding hydrogens is 394 g/mol. The molecule has 0 aromatic carbocycles. The van der Waals surface area contributed by atoms with Crippen LogP contribution in [0.1, 0.15) is 6.92 Å².